The zero-order valence-corrected chi connectivity index (χ0v) is 13.2. The minimum atomic E-state index is -3.72. The van der Waals surface area contributed by atoms with Gasteiger partial charge in [-0.1, -0.05) is 37.1 Å². The first-order valence-electron chi connectivity index (χ1n) is 6.59. The van der Waals surface area contributed by atoms with E-state index in [1.807, 2.05) is 12.1 Å². The number of aryl methyl sites for hydroxylation is 1. The summed E-state index contributed by atoms with van der Waals surface area (Å²) in [5.41, 5.74) is 7.66. The van der Waals surface area contributed by atoms with Gasteiger partial charge in [-0.2, -0.15) is 0 Å². The van der Waals surface area contributed by atoms with Gasteiger partial charge < -0.3 is 5.73 Å². The zero-order chi connectivity index (χ0) is 15.5. The summed E-state index contributed by atoms with van der Waals surface area (Å²) in [7, 11) is -3.72. The van der Waals surface area contributed by atoms with Crippen molar-refractivity contribution in [2.45, 2.75) is 24.7 Å². The Morgan fingerprint density at radius 1 is 1.14 bits per heavy atom. The van der Waals surface area contributed by atoms with Crippen LogP contribution in [0.4, 0.5) is 11.4 Å². The number of sulfonamides is 1. The number of nitrogens with one attached hydrogen (secondary N) is 1. The maximum absolute atomic E-state index is 12.3. The van der Waals surface area contributed by atoms with Crippen LogP contribution in [0.2, 0.25) is 5.02 Å². The normalized spacial score (nSPS) is 11.3. The number of halogens is 1. The average molecular weight is 325 g/mol. The number of hydrogen-bond acceptors (Lipinski definition) is 3. The topological polar surface area (TPSA) is 72.2 Å². The van der Waals surface area contributed by atoms with Gasteiger partial charge in [0.25, 0.3) is 10.0 Å². The molecule has 6 heteroatoms. The van der Waals surface area contributed by atoms with Gasteiger partial charge in [0.15, 0.2) is 0 Å². The molecule has 3 N–H and O–H groups in total. The molecular formula is C15H17ClN2O2S. The van der Waals surface area contributed by atoms with Crippen molar-refractivity contribution in [1.29, 1.82) is 0 Å². The van der Waals surface area contributed by atoms with E-state index in [2.05, 4.69) is 11.6 Å². The molecule has 0 aliphatic carbocycles. The van der Waals surface area contributed by atoms with E-state index in [-0.39, 0.29) is 9.92 Å². The largest absolute Gasteiger partial charge is 0.399 e. The predicted molar refractivity (Wildman–Crippen MR) is 87.1 cm³/mol. The molecular weight excluding hydrogens is 308 g/mol. The van der Waals surface area contributed by atoms with E-state index in [1.165, 1.54) is 23.8 Å². The first-order chi connectivity index (χ1) is 9.92. The predicted octanol–water partition coefficient (Wildman–Crippen LogP) is 3.68. The fraction of sp³-hybridized carbons (Fsp3) is 0.200. The van der Waals surface area contributed by atoms with Crippen LogP contribution < -0.4 is 10.5 Å². The molecule has 0 saturated heterocycles. The Labute approximate surface area is 130 Å². The minimum Gasteiger partial charge on any atom is -0.399 e. The van der Waals surface area contributed by atoms with Crippen LogP contribution in [0.1, 0.15) is 18.9 Å². The standard InChI is InChI=1S/C15H17ClN2O2S/c1-2-3-11-4-7-13(8-5-11)18-21(19,20)15-9-6-12(17)10-14(15)16/h4-10,18H,2-3,17H2,1H3. The lowest BCUT2D eigenvalue weighted by Crippen LogP contribution is -2.13. The third-order valence-electron chi connectivity index (χ3n) is 2.99. The fourth-order valence-corrected chi connectivity index (χ4v) is 3.59. The summed E-state index contributed by atoms with van der Waals surface area (Å²) in [5.74, 6) is 0. The van der Waals surface area contributed by atoms with E-state index in [9.17, 15) is 8.42 Å². The van der Waals surface area contributed by atoms with Crippen molar-refractivity contribution in [2.24, 2.45) is 0 Å². The molecule has 21 heavy (non-hydrogen) atoms. The Balaban J connectivity index is 2.24. The van der Waals surface area contributed by atoms with Gasteiger partial charge in [-0.15, -0.1) is 0 Å². The molecule has 0 saturated carbocycles. The molecule has 4 nitrogen and oxygen atoms in total. The van der Waals surface area contributed by atoms with Gasteiger partial charge in [0.2, 0.25) is 0 Å². The summed E-state index contributed by atoms with van der Waals surface area (Å²) in [6, 6.07) is 11.6. The quantitative estimate of drug-likeness (QED) is 0.824. The van der Waals surface area contributed by atoms with Crippen molar-refractivity contribution in [2.75, 3.05) is 10.5 Å². The number of nitrogen functional groups attached to an aromatic ring is 1. The summed E-state index contributed by atoms with van der Waals surface area (Å²) in [4.78, 5) is 0.0102. The van der Waals surface area contributed by atoms with Gasteiger partial charge in [0.05, 0.1) is 5.02 Å². The fourth-order valence-electron chi connectivity index (χ4n) is 1.97. The van der Waals surface area contributed by atoms with Crippen LogP contribution in [0, 0.1) is 0 Å². The van der Waals surface area contributed by atoms with E-state index in [0.717, 1.165) is 12.8 Å². The van der Waals surface area contributed by atoms with Crippen LogP contribution in [0.25, 0.3) is 0 Å². The van der Waals surface area contributed by atoms with Gasteiger partial charge in [-0.3, -0.25) is 4.72 Å². The van der Waals surface area contributed by atoms with Crippen LogP contribution in [-0.2, 0) is 16.4 Å². The van der Waals surface area contributed by atoms with Crippen molar-refractivity contribution in [3.05, 3.63) is 53.1 Å². The Bertz CT molecular complexity index is 728. The Morgan fingerprint density at radius 2 is 1.81 bits per heavy atom. The van der Waals surface area contributed by atoms with Crippen LogP contribution in [0.5, 0.6) is 0 Å². The number of rotatable bonds is 5. The van der Waals surface area contributed by atoms with Gasteiger partial charge >= 0.3 is 0 Å². The lowest BCUT2D eigenvalue weighted by molar-refractivity contribution is 0.601. The molecule has 0 unspecified atom stereocenters. The highest BCUT2D eigenvalue weighted by atomic mass is 35.5. The Morgan fingerprint density at radius 3 is 2.38 bits per heavy atom. The summed E-state index contributed by atoms with van der Waals surface area (Å²) in [6.45, 7) is 2.10. The van der Waals surface area contributed by atoms with E-state index in [1.54, 1.807) is 12.1 Å². The van der Waals surface area contributed by atoms with Crippen LogP contribution in [0.3, 0.4) is 0 Å². The van der Waals surface area contributed by atoms with Crippen molar-refractivity contribution < 1.29 is 8.42 Å². The molecule has 2 aromatic rings. The third-order valence-corrected chi connectivity index (χ3v) is 4.85. The van der Waals surface area contributed by atoms with E-state index < -0.39 is 10.0 Å². The SMILES string of the molecule is CCCc1ccc(NS(=O)(=O)c2ccc(N)cc2Cl)cc1. The molecule has 0 amide bonds. The smallest absolute Gasteiger partial charge is 0.263 e. The molecule has 0 aliphatic rings. The van der Waals surface area contributed by atoms with Crippen molar-refractivity contribution in [3.63, 3.8) is 0 Å². The van der Waals surface area contributed by atoms with E-state index >= 15 is 0 Å². The first-order valence-corrected chi connectivity index (χ1v) is 8.45. The summed E-state index contributed by atoms with van der Waals surface area (Å²) in [6.07, 6.45) is 2.02. The molecule has 0 radical (unpaired) electrons. The first kappa shape index (κ1) is 15.7. The van der Waals surface area contributed by atoms with Crippen molar-refractivity contribution in [1.82, 2.24) is 0 Å². The number of nitrogens with two attached hydrogens (primary N) is 1. The molecule has 0 spiro atoms. The Hall–Kier alpha value is -1.72. The van der Waals surface area contributed by atoms with Crippen LogP contribution >= 0.6 is 11.6 Å². The molecule has 0 aromatic heterocycles. The van der Waals surface area contributed by atoms with Crippen LogP contribution in [0.15, 0.2) is 47.4 Å². The lowest BCUT2D eigenvalue weighted by atomic mass is 10.1. The van der Waals surface area contributed by atoms with Crippen molar-refractivity contribution in [3.8, 4) is 0 Å². The minimum absolute atomic E-state index is 0.0102. The average Bonchev–Trinajstić information content (AvgIpc) is 2.40. The highest BCUT2D eigenvalue weighted by Crippen LogP contribution is 2.25. The highest BCUT2D eigenvalue weighted by Gasteiger charge is 2.18. The molecule has 2 aromatic carbocycles. The monoisotopic (exact) mass is 324 g/mol. The maximum atomic E-state index is 12.3. The molecule has 2 rings (SSSR count). The maximum Gasteiger partial charge on any atom is 0.263 e. The summed E-state index contributed by atoms with van der Waals surface area (Å²) < 4.78 is 27.1. The van der Waals surface area contributed by atoms with Gasteiger partial charge in [-0.05, 0) is 42.3 Å². The van der Waals surface area contributed by atoms with Crippen molar-refractivity contribution >= 4 is 33.0 Å². The second-order valence-electron chi connectivity index (χ2n) is 4.74. The zero-order valence-electron chi connectivity index (χ0n) is 11.6. The molecule has 0 aliphatic heterocycles. The van der Waals surface area contributed by atoms with E-state index in [0.29, 0.717) is 11.4 Å². The van der Waals surface area contributed by atoms with Crippen LogP contribution in [-0.4, -0.2) is 8.42 Å². The van der Waals surface area contributed by atoms with Gasteiger partial charge in [0, 0.05) is 11.4 Å². The number of benzene rings is 2. The summed E-state index contributed by atoms with van der Waals surface area (Å²) in [5, 5.41) is 0.102. The molecule has 0 fully saturated rings. The van der Waals surface area contributed by atoms with E-state index in [4.69, 9.17) is 17.3 Å². The molecule has 112 valence electrons. The second-order valence-corrected chi connectivity index (χ2v) is 6.80. The third kappa shape index (κ3) is 3.89. The second kappa shape index (κ2) is 6.37. The Kier molecular flexibility index (Phi) is 4.75. The molecule has 0 bridgehead atoms. The highest BCUT2D eigenvalue weighted by molar-refractivity contribution is 7.92. The lowest BCUT2D eigenvalue weighted by Gasteiger charge is -2.10. The molecule has 0 atom stereocenters. The number of anilines is 2. The summed E-state index contributed by atoms with van der Waals surface area (Å²) >= 11 is 5.95. The number of hydrogen-bond donors (Lipinski definition) is 2. The van der Waals surface area contributed by atoms with Gasteiger partial charge in [0.1, 0.15) is 4.90 Å². The van der Waals surface area contributed by atoms with Gasteiger partial charge in [-0.25, -0.2) is 8.42 Å². The molecule has 0 heterocycles.